The van der Waals surface area contributed by atoms with Gasteiger partial charge in [-0.3, -0.25) is 0 Å². The zero-order valence-electron chi connectivity index (χ0n) is 15.9. The molecule has 2 aromatic heterocycles. The van der Waals surface area contributed by atoms with Crippen LogP contribution < -0.4 is 0 Å². The Bertz CT molecular complexity index is 928. The molecule has 4 unspecified atom stereocenters. The zero-order valence-corrected chi connectivity index (χ0v) is 16.7. The van der Waals surface area contributed by atoms with E-state index in [9.17, 15) is 8.42 Å². The Morgan fingerprint density at radius 1 is 1.27 bits per heavy atom. The fourth-order valence-electron chi connectivity index (χ4n) is 5.11. The molecule has 0 N–H and O–H groups in total. The summed E-state index contributed by atoms with van der Waals surface area (Å²) < 4.78 is 33.3. The largest absolute Gasteiger partial charge is 0.360 e. The average molecular weight is 378 g/mol. The minimum atomic E-state index is -3.60. The van der Waals surface area contributed by atoms with Crippen LogP contribution in [0.3, 0.4) is 0 Å². The first-order valence-corrected chi connectivity index (χ1v) is 11.1. The fourth-order valence-corrected chi connectivity index (χ4v) is 6.63. The Morgan fingerprint density at radius 2 is 2.04 bits per heavy atom. The lowest BCUT2D eigenvalue weighted by molar-refractivity contribution is 0.231. The molecule has 0 aliphatic heterocycles. The molecule has 26 heavy (non-hydrogen) atoms. The summed E-state index contributed by atoms with van der Waals surface area (Å²) in [4.78, 5) is 4.45. The first kappa shape index (κ1) is 17.8. The highest BCUT2D eigenvalue weighted by molar-refractivity contribution is 7.90. The number of hydrogen-bond acceptors (Lipinski definition) is 5. The number of nitrogens with zero attached hydrogens (tertiary/aromatic N) is 3. The minimum absolute atomic E-state index is 0.146. The van der Waals surface area contributed by atoms with Gasteiger partial charge in [0.25, 0.3) is 0 Å². The predicted octanol–water partition coefficient (Wildman–Crippen LogP) is 3.77. The smallest absolute Gasteiger partial charge is 0.228 e. The summed E-state index contributed by atoms with van der Waals surface area (Å²) in [6, 6.07) is 1.82. The number of sulfone groups is 1. The van der Waals surface area contributed by atoms with Crippen LogP contribution in [0.1, 0.15) is 61.5 Å². The van der Waals surface area contributed by atoms with Gasteiger partial charge in [0.2, 0.25) is 15.0 Å². The van der Waals surface area contributed by atoms with Crippen molar-refractivity contribution in [3.63, 3.8) is 0 Å². The van der Waals surface area contributed by atoms with Gasteiger partial charge in [0.15, 0.2) is 5.76 Å². The molecule has 0 amide bonds. The summed E-state index contributed by atoms with van der Waals surface area (Å²) in [6.07, 6.45) is 5.14. The van der Waals surface area contributed by atoms with E-state index in [2.05, 4.69) is 17.1 Å². The van der Waals surface area contributed by atoms with Crippen LogP contribution in [-0.2, 0) is 15.6 Å². The number of rotatable bonds is 5. The van der Waals surface area contributed by atoms with Gasteiger partial charge < -0.3 is 9.09 Å². The number of aryl methyl sites for hydroxylation is 2. The molecule has 2 aliphatic carbocycles. The van der Waals surface area contributed by atoms with E-state index in [1.807, 2.05) is 18.4 Å². The zero-order chi connectivity index (χ0) is 18.6. The molecule has 2 aliphatic rings. The minimum Gasteiger partial charge on any atom is -0.360 e. The van der Waals surface area contributed by atoms with Crippen molar-refractivity contribution in [3.8, 4) is 0 Å². The molecule has 2 saturated carbocycles. The van der Waals surface area contributed by atoms with Gasteiger partial charge in [0.05, 0.1) is 11.4 Å². The van der Waals surface area contributed by atoms with Gasteiger partial charge in [-0.2, -0.15) is 0 Å². The van der Waals surface area contributed by atoms with Crippen molar-refractivity contribution in [2.45, 2.75) is 70.3 Å². The first-order chi connectivity index (χ1) is 12.3. The topological polar surface area (TPSA) is 78.0 Å². The van der Waals surface area contributed by atoms with E-state index in [1.165, 1.54) is 25.7 Å². The van der Waals surface area contributed by atoms with E-state index in [0.29, 0.717) is 17.4 Å². The van der Waals surface area contributed by atoms with Crippen LogP contribution in [0.25, 0.3) is 0 Å². The van der Waals surface area contributed by atoms with Gasteiger partial charge in [-0.25, -0.2) is 13.4 Å². The molecule has 2 bridgehead atoms. The van der Waals surface area contributed by atoms with Gasteiger partial charge in [-0.1, -0.05) is 11.6 Å². The van der Waals surface area contributed by atoms with Crippen molar-refractivity contribution in [2.75, 3.05) is 0 Å². The standard InChI is InChI=1S/C19H27N3O3S/c1-11-7-17(25-21-11)10-26(23,24)19-20-12(2)13(3)22(19)14(4)18-9-15-5-6-16(18)8-15/h7,14-16,18H,5-6,8-10H2,1-4H3. The summed E-state index contributed by atoms with van der Waals surface area (Å²) in [7, 11) is -3.60. The molecule has 0 radical (unpaired) electrons. The van der Waals surface area contributed by atoms with E-state index in [-0.39, 0.29) is 17.0 Å². The SMILES string of the molecule is Cc1cc(CS(=O)(=O)c2nc(C)c(C)n2C(C)C2CC3CCC2C3)on1. The maximum atomic E-state index is 13.1. The van der Waals surface area contributed by atoms with Crippen LogP contribution >= 0.6 is 0 Å². The Labute approximate surface area is 154 Å². The summed E-state index contributed by atoms with van der Waals surface area (Å²) in [5.41, 5.74) is 2.42. The van der Waals surface area contributed by atoms with Crippen LogP contribution in [0.2, 0.25) is 0 Å². The van der Waals surface area contributed by atoms with Gasteiger partial charge in [0.1, 0.15) is 5.75 Å². The third kappa shape index (κ3) is 2.90. The number of hydrogen-bond donors (Lipinski definition) is 0. The highest BCUT2D eigenvalue weighted by atomic mass is 32.2. The van der Waals surface area contributed by atoms with E-state index in [1.54, 1.807) is 13.0 Å². The fraction of sp³-hybridized carbons (Fsp3) is 0.684. The van der Waals surface area contributed by atoms with E-state index < -0.39 is 9.84 Å². The second-order valence-corrected chi connectivity index (χ2v) is 10.1. The normalized spacial score (nSPS) is 26.5. The lowest BCUT2D eigenvalue weighted by Crippen LogP contribution is -2.25. The highest BCUT2D eigenvalue weighted by Gasteiger charge is 2.43. The lowest BCUT2D eigenvalue weighted by Gasteiger charge is -2.30. The molecule has 2 fully saturated rings. The third-order valence-corrected chi connectivity index (χ3v) is 7.97. The van der Waals surface area contributed by atoms with E-state index in [0.717, 1.165) is 23.2 Å². The summed E-state index contributed by atoms with van der Waals surface area (Å²) >= 11 is 0. The molecule has 7 heteroatoms. The number of imidazole rings is 1. The van der Waals surface area contributed by atoms with E-state index >= 15 is 0 Å². The number of aromatic nitrogens is 3. The number of fused-ring (bicyclic) bond motifs is 2. The summed E-state index contributed by atoms with van der Waals surface area (Å²) in [5.74, 6) is 2.26. The van der Waals surface area contributed by atoms with Gasteiger partial charge in [-0.05, 0) is 64.7 Å². The highest BCUT2D eigenvalue weighted by Crippen LogP contribution is 2.52. The lowest BCUT2D eigenvalue weighted by atomic mass is 9.84. The van der Waals surface area contributed by atoms with Crippen molar-refractivity contribution >= 4 is 9.84 Å². The molecule has 142 valence electrons. The Hall–Kier alpha value is -1.63. The van der Waals surface area contributed by atoms with Crippen LogP contribution in [0.15, 0.2) is 15.7 Å². The Balaban J connectivity index is 1.69. The molecular formula is C19H27N3O3S. The van der Waals surface area contributed by atoms with Crippen molar-refractivity contribution < 1.29 is 12.9 Å². The van der Waals surface area contributed by atoms with Crippen molar-refractivity contribution in [2.24, 2.45) is 17.8 Å². The predicted molar refractivity (Wildman–Crippen MR) is 97.5 cm³/mol. The Kier molecular flexibility index (Phi) is 4.25. The summed E-state index contributed by atoms with van der Waals surface area (Å²) in [5, 5.41) is 3.97. The second-order valence-electron chi connectivity index (χ2n) is 8.21. The maximum Gasteiger partial charge on any atom is 0.228 e. The third-order valence-electron chi connectivity index (χ3n) is 6.46. The molecule has 2 aromatic rings. The molecule has 4 rings (SSSR count). The second kappa shape index (κ2) is 6.22. The molecule has 0 saturated heterocycles. The van der Waals surface area contributed by atoms with Crippen LogP contribution in [0, 0.1) is 38.5 Å². The van der Waals surface area contributed by atoms with Crippen molar-refractivity contribution in [1.29, 1.82) is 0 Å². The van der Waals surface area contributed by atoms with Gasteiger partial charge in [-0.15, -0.1) is 0 Å². The average Bonchev–Trinajstić information content (AvgIpc) is 3.33. The molecule has 6 nitrogen and oxygen atoms in total. The molecule has 2 heterocycles. The van der Waals surface area contributed by atoms with E-state index in [4.69, 9.17) is 4.52 Å². The van der Waals surface area contributed by atoms with Crippen LogP contribution in [0.4, 0.5) is 0 Å². The quantitative estimate of drug-likeness (QED) is 0.792. The molecule has 0 spiro atoms. The van der Waals surface area contributed by atoms with Crippen LogP contribution in [0.5, 0.6) is 0 Å². The van der Waals surface area contributed by atoms with Crippen molar-refractivity contribution in [1.82, 2.24) is 14.7 Å². The summed E-state index contributed by atoms with van der Waals surface area (Å²) in [6.45, 7) is 7.81. The maximum absolute atomic E-state index is 13.1. The van der Waals surface area contributed by atoms with Gasteiger partial charge in [0, 0.05) is 17.8 Å². The van der Waals surface area contributed by atoms with Gasteiger partial charge >= 0.3 is 0 Å². The molecular weight excluding hydrogens is 350 g/mol. The van der Waals surface area contributed by atoms with Crippen LogP contribution in [-0.4, -0.2) is 23.1 Å². The molecule has 0 aromatic carbocycles. The first-order valence-electron chi connectivity index (χ1n) is 9.46. The Morgan fingerprint density at radius 3 is 2.62 bits per heavy atom. The van der Waals surface area contributed by atoms with Crippen molar-refractivity contribution in [3.05, 3.63) is 28.9 Å². The monoisotopic (exact) mass is 377 g/mol. The molecule has 4 atom stereocenters.